The predicted octanol–water partition coefficient (Wildman–Crippen LogP) is -0.433. The fourth-order valence-corrected chi connectivity index (χ4v) is 0.968. The largest absolute Gasteiger partial charge is 0.361 e. The molecule has 58 valence electrons. The van der Waals surface area contributed by atoms with Crippen molar-refractivity contribution in [1.82, 2.24) is 4.98 Å². The van der Waals surface area contributed by atoms with Crippen LogP contribution in [-0.2, 0) is 9.59 Å². The number of nitrogens with two attached hydrogens (primary N) is 1. The Morgan fingerprint density at radius 3 is 2.82 bits per heavy atom. The van der Waals surface area contributed by atoms with Gasteiger partial charge < -0.3 is 5.73 Å². The third-order valence-electron chi connectivity index (χ3n) is 0.877. The standard InChI is InChI=1S/C5H5N3O2S/c6-3(9)4(10)8-5-7-1-2-11-5/h1-2H,(H2,6,9)(H,7,8,10). The zero-order valence-corrected chi connectivity index (χ0v) is 6.22. The smallest absolute Gasteiger partial charge is 0.315 e. The van der Waals surface area contributed by atoms with Crippen LogP contribution in [-0.4, -0.2) is 16.8 Å². The van der Waals surface area contributed by atoms with Crippen LogP contribution in [0.5, 0.6) is 0 Å². The average molecular weight is 171 g/mol. The minimum Gasteiger partial charge on any atom is -0.361 e. The van der Waals surface area contributed by atoms with E-state index < -0.39 is 11.8 Å². The summed E-state index contributed by atoms with van der Waals surface area (Å²) in [5.74, 6) is -1.86. The van der Waals surface area contributed by atoms with Gasteiger partial charge in [-0.2, -0.15) is 0 Å². The van der Waals surface area contributed by atoms with Crippen LogP contribution in [0, 0.1) is 0 Å². The first kappa shape index (κ1) is 7.67. The van der Waals surface area contributed by atoms with Gasteiger partial charge in [-0.3, -0.25) is 14.9 Å². The normalized spacial score (nSPS) is 9.09. The number of hydrogen-bond acceptors (Lipinski definition) is 4. The molecule has 1 aromatic heterocycles. The molecule has 0 saturated carbocycles. The summed E-state index contributed by atoms with van der Waals surface area (Å²) in [7, 11) is 0. The number of rotatable bonds is 1. The number of carbonyl (C=O) groups is 2. The van der Waals surface area contributed by atoms with Crippen molar-refractivity contribution in [1.29, 1.82) is 0 Å². The molecule has 0 aromatic carbocycles. The average Bonchev–Trinajstić information content (AvgIpc) is 2.39. The van der Waals surface area contributed by atoms with E-state index in [9.17, 15) is 9.59 Å². The maximum atomic E-state index is 10.6. The monoisotopic (exact) mass is 171 g/mol. The highest BCUT2D eigenvalue weighted by Gasteiger charge is 2.08. The minimum atomic E-state index is -1.01. The molecular formula is C5H5N3O2S. The van der Waals surface area contributed by atoms with E-state index >= 15 is 0 Å². The molecule has 1 rings (SSSR count). The molecule has 2 amide bonds. The van der Waals surface area contributed by atoms with Crippen LogP contribution in [0.2, 0.25) is 0 Å². The molecule has 0 aliphatic heterocycles. The zero-order valence-electron chi connectivity index (χ0n) is 5.40. The molecule has 0 saturated heterocycles. The van der Waals surface area contributed by atoms with Crippen LogP contribution in [0.4, 0.5) is 5.13 Å². The first-order valence-corrected chi connectivity index (χ1v) is 3.58. The topological polar surface area (TPSA) is 85.1 Å². The minimum absolute atomic E-state index is 0.369. The molecule has 3 N–H and O–H groups in total. The molecule has 5 nitrogen and oxygen atoms in total. The number of aromatic nitrogens is 1. The van der Waals surface area contributed by atoms with Gasteiger partial charge in [0.25, 0.3) is 0 Å². The molecule has 0 aliphatic rings. The van der Waals surface area contributed by atoms with E-state index in [1.165, 1.54) is 17.5 Å². The molecule has 1 aromatic rings. The molecule has 0 unspecified atom stereocenters. The molecule has 0 spiro atoms. The van der Waals surface area contributed by atoms with Crippen LogP contribution in [0.3, 0.4) is 0 Å². The van der Waals surface area contributed by atoms with Gasteiger partial charge in [0, 0.05) is 11.6 Å². The van der Waals surface area contributed by atoms with E-state index in [0.29, 0.717) is 5.13 Å². The van der Waals surface area contributed by atoms with E-state index in [1.807, 2.05) is 0 Å². The van der Waals surface area contributed by atoms with Gasteiger partial charge in [0.1, 0.15) is 0 Å². The molecule has 11 heavy (non-hydrogen) atoms. The molecule has 0 fully saturated rings. The van der Waals surface area contributed by atoms with Crippen LogP contribution in [0.25, 0.3) is 0 Å². The number of anilines is 1. The fourth-order valence-electron chi connectivity index (χ4n) is 0.444. The van der Waals surface area contributed by atoms with Gasteiger partial charge in [0.05, 0.1) is 0 Å². The van der Waals surface area contributed by atoms with E-state index in [1.54, 1.807) is 5.38 Å². The maximum absolute atomic E-state index is 10.6. The molecule has 0 aliphatic carbocycles. The summed E-state index contributed by atoms with van der Waals surface area (Å²) in [5.41, 5.74) is 4.68. The van der Waals surface area contributed by atoms with E-state index in [-0.39, 0.29) is 0 Å². The predicted molar refractivity (Wildman–Crippen MR) is 39.9 cm³/mol. The van der Waals surface area contributed by atoms with Crippen LogP contribution in [0.1, 0.15) is 0 Å². The Balaban J connectivity index is 2.57. The summed E-state index contributed by atoms with van der Waals surface area (Å²) in [6.07, 6.45) is 1.52. The van der Waals surface area contributed by atoms with Gasteiger partial charge in [-0.25, -0.2) is 4.98 Å². The number of carbonyl (C=O) groups excluding carboxylic acids is 2. The number of primary amides is 1. The summed E-state index contributed by atoms with van der Waals surface area (Å²) < 4.78 is 0. The van der Waals surface area contributed by atoms with Crippen LogP contribution in [0.15, 0.2) is 11.6 Å². The maximum Gasteiger partial charge on any atom is 0.315 e. The van der Waals surface area contributed by atoms with Crippen molar-refractivity contribution in [3.8, 4) is 0 Å². The van der Waals surface area contributed by atoms with Crippen molar-refractivity contribution in [3.05, 3.63) is 11.6 Å². The Labute approximate surface area is 66.2 Å². The van der Waals surface area contributed by atoms with Gasteiger partial charge >= 0.3 is 11.8 Å². The summed E-state index contributed by atoms with van der Waals surface area (Å²) in [6, 6.07) is 0. The zero-order chi connectivity index (χ0) is 8.27. The lowest BCUT2D eigenvalue weighted by Crippen LogP contribution is -2.29. The quantitative estimate of drug-likeness (QED) is 0.562. The van der Waals surface area contributed by atoms with Crippen molar-refractivity contribution >= 4 is 28.3 Å². The van der Waals surface area contributed by atoms with Crippen molar-refractivity contribution < 1.29 is 9.59 Å². The molecule has 0 radical (unpaired) electrons. The molecule has 0 atom stereocenters. The second kappa shape index (κ2) is 3.11. The number of hydrogen-bond donors (Lipinski definition) is 2. The summed E-state index contributed by atoms with van der Waals surface area (Å²) in [6.45, 7) is 0. The highest BCUT2D eigenvalue weighted by atomic mass is 32.1. The van der Waals surface area contributed by atoms with Gasteiger partial charge in [0.2, 0.25) is 0 Å². The SMILES string of the molecule is NC(=O)C(=O)Nc1nccs1. The lowest BCUT2D eigenvalue weighted by Gasteiger charge is -1.93. The lowest BCUT2D eigenvalue weighted by molar-refractivity contribution is -0.134. The van der Waals surface area contributed by atoms with Crippen molar-refractivity contribution in [3.63, 3.8) is 0 Å². The second-order valence-electron chi connectivity index (χ2n) is 1.66. The lowest BCUT2D eigenvalue weighted by atomic mass is 10.6. The van der Waals surface area contributed by atoms with Gasteiger partial charge in [-0.05, 0) is 0 Å². The third-order valence-corrected chi connectivity index (χ3v) is 1.57. The number of amides is 2. The Hall–Kier alpha value is -1.43. The Morgan fingerprint density at radius 2 is 2.36 bits per heavy atom. The molecular weight excluding hydrogens is 166 g/mol. The Kier molecular flexibility index (Phi) is 2.17. The van der Waals surface area contributed by atoms with E-state index in [0.717, 1.165) is 0 Å². The van der Waals surface area contributed by atoms with Crippen LogP contribution < -0.4 is 11.1 Å². The Morgan fingerprint density at radius 1 is 1.64 bits per heavy atom. The van der Waals surface area contributed by atoms with Crippen molar-refractivity contribution in [2.24, 2.45) is 5.73 Å². The third kappa shape index (κ3) is 2.01. The van der Waals surface area contributed by atoms with Gasteiger partial charge in [0.15, 0.2) is 5.13 Å². The molecule has 1 heterocycles. The van der Waals surface area contributed by atoms with E-state index in [2.05, 4.69) is 16.0 Å². The summed E-state index contributed by atoms with van der Waals surface area (Å²) in [4.78, 5) is 24.5. The molecule has 0 bridgehead atoms. The van der Waals surface area contributed by atoms with Crippen LogP contribution >= 0.6 is 11.3 Å². The number of thiazole rings is 1. The highest BCUT2D eigenvalue weighted by Crippen LogP contribution is 2.09. The van der Waals surface area contributed by atoms with Crippen molar-refractivity contribution in [2.45, 2.75) is 0 Å². The fraction of sp³-hybridized carbons (Fsp3) is 0. The summed E-state index contributed by atoms with van der Waals surface area (Å²) in [5, 5.41) is 4.26. The summed E-state index contributed by atoms with van der Waals surface area (Å²) >= 11 is 1.22. The van der Waals surface area contributed by atoms with Gasteiger partial charge in [-0.15, -0.1) is 11.3 Å². The second-order valence-corrected chi connectivity index (χ2v) is 2.55. The first-order chi connectivity index (χ1) is 5.20. The number of nitrogens with one attached hydrogen (secondary N) is 1. The number of nitrogens with zero attached hydrogens (tertiary/aromatic N) is 1. The van der Waals surface area contributed by atoms with E-state index in [4.69, 9.17) is 0 Å². The Bertz CT molecular complexity index is 269. The molecule has 6 heteroatoms. The van der Waals surface area contributed by atoms with Crippen molar-refractivity contribution in [2.75, 3.05) is 5.32 Å². The highest BCUT2D eigenvalue weighted by molar-refractivity contribution is 7.13. The first-order valence-electron chi connectivity index (χ1n) is 2.70. The van der Waals surface area contributed by atoms with Gasteiger partial charge in [-0.1, -0.05) is 0 Å².